The molecule has 90 valence electrons. The molecule has 0 heterocycles. The van der Waals surface area contributed by atoms with E-state index in [1.165, 1.54) is 6.07 Å². The number of nitrogens with one attached hydrogen (secondary N) is 1. The summed E-state index contributed by atoms with van der Waals surface area (Å²) in [5, 5.41) is 2.21. The Morgan fingerprint density at radius 2 is 1.88 bits per heavy atom. The number of hydrogen-bond acceptors (Lipinski definition) is 1. The third kappa shape index (κ3) is 3.62. The number of halogens is 6. The van der Waals surface area contributed by atoms with Crippen LogP contribution in [0.15, 0.2) is 22.7 Å². The fourth-order valence-corrected chi connectivity index (χ4v) is 1.52. The van der Waals surface area contributed by atoms with Gasteiger partial charge in [-0.25, -0.2) is 8.78 Å². The number of rotatable bonds is 3. The normalized spacial score (nSPS) is 11.9. The van der Waals surface area contributed by atoms with Gasteiger partial charge in [-0.3, -0.25) is 0 Å². The Labute approximate surface area is 96.8 Å². The molecule has 16 heavy (non-hydrogen) atoms. The van der Waals surface area contributed by atoms with Crippen LogP contribution in [0.1, 0.15) is 5.56 Å². The Hall–Kier alpha value is -0.850. The van der Waals surface area contributed by atoms with Crippen LogP contribution in [-0.2, 0) is 6.18 Å². The SMILES string of the molecule is FC(F)CNc1ccc(Br)c(C(F)(F)F)c1. The minimum atomic E-state index is -4.51. The lowest BCUT2D eigenvalue weighted by molar-refractivity contribution is -0.138. The first-order chi connectivity index (χ1) is 7.30. The smallest absolute Gasteiger partial charge is 0.379 e. The molecular weight excluding hydrogens is 297 g/mol. The van der Waals surface area contributed by atoms with E-state index in [-0.39, 0.29) is 10.2 Å². The lowest BCUT2D eigenvalue weighted by atomic mass is 10.2. The van der Waals surface area contributed by atoms with Crippen molar-refractivity contribution >= 4 is 21.6 Å². The van der Waals surface area contributed by atoms with E-state index in [2.05, 4.69) is 21.2 Å². The van der Waals surface area contributed by atoms with E-state index in [0.29, 0.717) is 0 Å². The van der Waals surface area contributed by atoms with Crippen molar-refractivity contribution in [3.8, 4) is 0 Å². The first-order valence-electron chi connectivity index (χ1n) is 4.19. The highest BCUT2D eigenvalue weighted by Crippen LogP contribution is 2.36. The molecular formula is C9H7BrF5N. The number of benzene rings is 1. The van der Waals surface area contributed by atoms with Crippen LogP contribution in [-0.4, -0.2) is 13.0 Å². The summed E-state index contributed by atoms with van der Waals surface area (Å²) in [5.74, 6) is 0. The second kappa shape index (κ2) is 4.99. The molecule has 0 aliphatic heterocycles. The molecule has 1 aromatic rings. The average Bonchev–Trinajstić information content (AvgIpc) is 2.14. The second-order valence-corrected chi connectivity index (χ2v) is 3.82. The van der Waals surface area contributed by atoms with Gasteiger partial charge in [-0.2, -0.15) is 13.2 Å². The molecule has 0 atom stereocenters. The van der Waals surface area contributed by atoms with Gasteiger partial charge in [-0.1, -0.05) is 15.9 Å². The minimum Gasteiger partial charge on any atom is -0.379 e. The van der Waals surface area contributed by atoms with Crippen LogP contribution in [0.3, 0.4) is 0 Å². The summed E-state index contributed by atoms with van der Waals surface area (Å²) in [7, 11) is 0. The molecule has 0 saturated carbocycles. The van der Waals surface area contributed by atoms with Crippen LogP contribution in [0, 0.1) is 0 Å². The van der Waals surface area contributed by atoms with Crippen LogP contribution >= 0.6 is 15.9 Å². The molecule has 0 fully saturated rings. The van der Waals surface area contributed by atoms with Crippen LogP contribution in [0.2, 0.25) is 0 Å². The topological polar surface area (TPSA) is 12.0 Å². The summed E-state index contributed by atoms with van der Waals surface area (Å²) in [6.07, 6.45) is -7.13. The van der Waals surface area contributed by atoms with Crippen molar-refractivity contribution < 1.29 is 22.0 Å². The molecule has 0 radical (unpaired) electrons. The van der Waals surface area contributed by atoms with Crippen LogP contribution in [0.4, 0.5) is 27.6 Å². The molecule has 0 spiro atoms. The summed E-state index contributed by atoms with van der Waals surface area (Å²) >= 11 is 2.75. The van der Waals surface area contributed by atoms with Crippen molar-refractivity contribution in [3.05, 3.63) is 28.2 Å². The molecule has 0 saturated heterocycles. The molecule has 1 nitrogen and oxygen atoms in total. The molecule has 0 aromatic heterocycles. The van der Waals surface area contributed by atoms with Crippen molar-refractivity contribution in [3.63, 3.8) is 0 Å². The monoisotopic (exact) mass is 303 g/mol. The van der Waals surface area contributed by atoms with Crippen molar-refractivity contribution in [2.45, 2.75) is 12.6 Å². The number of alkyl halides is 5. The Morgan fingerprint density at radius 1 is 1.25 bits per heavy atom. The Bertz CT molecular complexity index is 363. The summed E-state index contributed by atoms with van der Waals surface area (Å²) < 4.78 is 60.8. The zero-order valence-corrected chi connectivity index (χ0v) is 9.37. The van der Waals surface area contributed by atoms with Gasteiger partial charge in [0.15, 0.2) is 0 Å². The summed E-state index contributed by atoms with van der Waals surface area (Å²) in [6.45, 7) is -0.682. The van der Waals surface area contributed by atoms with E-state index in [1.807, 2.05) is 0 Å². The summed E-state index contributed by atoms with van der Waals surface area (Å²) in [5.41, 5.74) is -0.886. The van der Waals surface area contributed by atoms with E-state index in [4.69, 9.17) is 0 Å². The fraction of sp³-hybridized carbons (Fsp3) is 0.333. The van der Waals surface area contributed by atoms with Gasteiger partial charge in [0.25, 0.3) is 6.43 Å². The largest absolute Gasteiger partial charge is 0.417 e. The van der Waals surface area contributed by atoms with Gasteiger partial charge in [0.1, 0.15) is 0 Å². The Balaban J connectivity index is 2.90. The third-order valence-corrected chi connectivity index (χ3v) is 2.42. The van der Waals surface area contributed by atoms with Crippen molar-refractivity contribution in [1.82, 2.24) is 0 Å². The van der Waals surface area contributed by atoms with Crippen LogP contribution < -0.4 is 5.32 Å². The molecule has 7 heteroatoms. The molecule has 1 N–H and O–H groups in total. The van der Waals surface area contributed by atoms with E-state index in [9.17, 15) is 22.0 Å². The highest BCUT2D eigenvalue weighted by Gasteiger charge is 2.33. The molecule has 1 aromatic carbocycles. The zero-order valence-electron chi connectivity index (χ0n) is 7.78. The number of anilines is 1. The second-order valence-electron chi connectivity index (χ2n) is 2.96. The van der Waals surface area contributed by atoms with E-state index < -0.39 is 24.7 Å². The number of hydrogen-bond donors (Lipinski definition) is 1. The summed E-state index contributed by atoms with van der Waals surface area (Å²) in [4.78, 5) is 0. The molecule has 0 aliphatic carbocycles. The van der Waals surface area contributed by atoms with Crippen molar-refractivity contribution in [2.24, 2.45) is 0 Å². The Morgan fingerprint density at radius 3 is 2.38 bits per heavy atom. The molecule has 1 rings (SSSR count). The fourth-order valence-electron chi connectivity index (χ4n) is 1.05. The maximum Gasteiger partial charge on any atom is 0.417 e. The first-order valence-corrected chi connectivity index (χ1v) is 4.99. The first kappa shape index (κ1) is 13.2. The highest BCUT2D eigenvalue weighted by atomic mass is 79.9. The lowest BCUT2D eigenvalue weighted by Crippen LogP contribution is -2.12. The van der Waals surface area contributed by atoms with Gasteiger partial charge in [0.2, 0.25) is 0 Å². The van der Waals surface area contributed by atoms with Gasteiger partial charge in [0, 0.05) is 10.2 Å². The van der Waals surface area contributed by atoms with Gasteiger partial charge in [-0.05, 0) is 18.2 Å². The van der Waals surface area contributed by atoms with Crippen molar-refractivity contribution in [1.29, 1.82) is 0 Å². The maximum atomic E-state index is 12.4. The predicted octanol–water partition coefficient (Wildman–Crippen LogP) is 4.14. The maximum absolute atomic E-state index is 12.4. The zero-order chi connectivity index (χ0) is 12.3. The van der Waals surface area contributed by atoms with E-state index >= 15 is 0 Å². The summed E-state index contributed by atoms with van der Waals surface area (Å²) in [6, 6.07) is 3.24. The highest BCUT2D eigenvalue weighted by molar-refractivity contribution is 9.10. The Kier molecular flexibility index (Phi) is 4.12. The van der Waals surface area contributed by atoms with E-state index in [0.717, 1.165) is 12.1 Å². The van der Waals surface area contributed by atoms with Gasteiger partial charge >= 0.3 is 6.18 Å². The van der Waals surface area contributed by atoms with Gasteiger partial charge < -0.3 is 5.32 Å². The van der Waals surface area contributed by atoms with Crippen LogP contribution in [0.25, 0.3) is 0 Å². The van der Waals surface area contributed by atoms with E-state index in [1.54, 1.807) is 0 Å². The molecule has 0 unspecified atom stereocenters. The quantitative estimate of drug-likeness (QED) is 0.827. The third-order valence-electron chi connectivity index (χ3n) is 1.73. The van der Waals surface area contributed by atoms with Crippen molar-refractivity contribution in [2.75, 3.05) is 11.9 Å². The lowest BCUT2D eigenvalue weighted by Gasteiger charge is -2.12. The minimum absolute atomic E-state index is 0.0100. The average molecular weight is 304 g/mol. The van der Waals surface area contributed by atoms with Gasteiger partial charge in [-0.15, -0.1) is 0 Å². The molecule has 0 aliphatic rings. The standard InChI is InChI=1S/C9H7BrF5N/c10-7-2-1-5(16-4-8(11)12)3-6(7)9(13,14)15/h1-3,8,16H,4H2. The predicted molar refractivity (Wildman–Crippen MR) is 53.6 cm³/mol. The van der Waals surface area contributed by atoms with Crippen LogP contribution in [0.5, 0.6) is 0 Å². The molecule has 0 bridgehead atoms. The van der Waals surface area contributed by atoms with Gasteiger partial charge in [0.05, 0.1) is 12.1 Å². The molecule has 0 amide bonds.